The Kier molecular flexibility index (Phi) is 5.96. The van der Waals surface area contributed by atoms with Crippen LogP contribution < -0.4 is 5.46 Å². The Morgan fingerprint density at radius 2 is 1.37 bits per heavy atom. The standard InChI is InChI=1S/C34H29BN4O2/c1-33(2)34(3,4)41-35(40-33)25-15-13-22(14-16-25)32-38-29(24-10-7-17-36-21-24)20-30(39-32)28-19-23-9-5-6-11-26(23)27-12-8-18-37-31(27)28/h5-21H,1-4H3. The van der Waals surface area contributed by atoms with Crippen molar-refractivity contribution in [2.75, 3.05) is 0 Å². The summed E-state index contributed by atoms with van der Waals surface area (Å²) in [5.74, 6) is 0.624. The van der Waals surface area contributed by atoms with E-state index in [0.717, 1.165) is 49.8 Å². The molecule has 1 aliphatic rings. The van der Waals surface area contributed by atoms with Crippen LogP contribution in [-0.4, -0.2) is 38.3 Å². The van der Waals surface area contributed by atoms with Gasteiger partial charge in [-0.3, -0.25) is 9.97 Å². The van der Waals surface area contributed by atoms with Crippen LogP contribution in [0.1, 0.15) is 27.7 Å². The van der Waals surface area contributed by atoms with Crippen LogP contribution in [0, 0.1) is 0 Å². The van der Waals surface area contributed by atoms with E-state index in [1.807, 2.05) is 60.9 Å². The monoisotopic (exact) mass is 536 g/mol. The Bertz CT molecular complexity index is 1890. The molecule has 1 fully saturated rings. The van der Waals surface area contributed by atoms with Gasteiger partial charge in [0.05, 0.1) is 28.1 Å². The fourth-order valence-corrected chi connectivity index (χ4v) is 5.27. The average molecular weight is 536 g/mol. The van der Waals surface area contributed by atoms with Gasteiger partial charge in [-0.25, -0.2) is 9.97 Å². The van der Waals surface area contributed by atoms with Crippen molar-refractivity contribution in [3.8, 4) is 33.9 Å². The van der Waals surface area contributed by atoms with Gasteiger partial charge in [-0.2, -0.15) is 0 Å². The van der Waals surface area contributed by atoms with Crippen LogP contribution in [0.25, 0.3) is 55.6 Å². The molecule has 7 heteroatoms. The van der Waals surface area contributed by atoms with Gasteiger partial charge < -0.3 is 9.31 Å². The first-order chi connectivity index (χ1) is 19.8. The second-order valence-corrected chi connectivity index (χ2v) is 11.5. The van der Waals surface area contributed by atoms with E-state index in [1.54, 1.807) is 6.20 Å². The number of pyridine rings is 2. The first kappa shape index (κ1) is 25.5. The van der Waals surface area contributed by atoms with Gasteiger partial charge in [-0.15, -0.1) is 0 Å². The molecule has 0 spiro atoms. The van der Waals surface area contributed by atoms with Gasteiger partial charge in [0, 0.05) is 40.7 Å². The molecule has 0 amide bonds. The molecule has 200 valence electrons. The molecule has 0 N–H and O–H groups in total. The average Bonchev–Trinajstić information content (AvgIpc) is 3.23. The molecule has 6 nitrogen and oxygen atoms in total. The summed E-state index contributed by atoms with van der Waals surface area (Å²) in [6, 6.07) is 28.7. The summed E-state index contributed by atoms with van der Waals surface area (Å²) < 4.78 is 12.5. The maximum Gasteiger partial charge on any atom is 0.494 e. The van der Waals surface area contributed by atoms with Crippen molar-refractivity contribution in [2.45, 2.75) is 38.9 Å². The molecular formula is C34H29BN4O2. The SMILES string of the molecule is CC1(C)OB(c2ccc(-c3nc(-c4cccnc4)cc(-c4cc5ccccc5c5cccnc45)n3)cc2)OC1(C)C. The van der Waals surface area contributed by atoms with Crippen molar-refractivity contribution < 1.29 is 9.31 Å². The summed E-state index contributed by atoms with van der Waals surface area (Å²) in [6.07, 6.45) is 5.43. The molecule has 1 aliphatic heterocycles. The van der Waals surface area contributed by atoms with Crippen molar-refractivity contribution in [1.29, 1.82) is 0 Å². The topological polar surface area (TPSA) is 70.0 Å². The predicted octanol–water partition coefficient (Wildman–Crippen LogP) is 6.87. The van der Waals surface area contributed by atoms with Crippen LogP contribution >= 0.6 is 0 Å². The van der Waals surface area contributed by atoms with E-state index in [2.05, 4.69) is 69.1 Å². The molecule has 0 bridgehead atoms. The normalized spacial score (nSPS) is 16.0. The lowest BCUT2D eigenvalue weighted by atomic mass is 9.79. The number of hydrogen-bond donors (Lipinski definition) is 0. The molecule has 6 aromatic rings. The zero-order valence-corrected chi connectivity index (χ0v) is 23.5. The Morgan fingerprint density at radius 3 is 2.12 bits per heavy atom. The lowest BCUT2D eigenvalue weighted by Gasteiger charge is -2.32. The van der Waals surface area contributed by atoms with Gasteiger partial charge in [0.25, 0.3) is 0 Å². The minimum Gasteiger partial charge on any atom is -0.399 e. The lowest BCUT2D eigenvalue weighted by Crippen LogP contribution is -2.41. The van der Waals surface area contributed by atoms with Crippen LogP contribution in [0.3, 0.4) is 0 Å². The summed E-state index contributed by atoms with van der Waals surface area (Å²) in [5, 5.41) is 3.40. The number of aromatic nitrogens is 4. The second kappa shape index (κ2) is 9.58. The van der Waals surface area contributed by atoms with E-state index in [-0.39, 0.29) is 0 Å². The van der Waals surface area contributed by atoms with Gasteiger partial charge in [0.1, 0.15) is 0 Å². The molecule has 0 unspecified atom stereocenters. The molecule has 0 radical (unpaired) electrons. The number of hydrogen-bond acceptors (Lipinski definition) is 6. The van der Waals surface area contributed by atoms with Crippen LogP contribution in [0.5, 0.6) is 0 Å². The smallest absolute Gasteiger partial charge is 0.399 e. The minimum absolute atomic E-state index is 0.400. The second-order valence-electron chi connectivity index (χ2n) is 11.5. The van der Waals surface area contributed by atoms with Crippen LogP contribution in [0.15, 0.2) is 104 Å². The number of rotatable bonds is 4. The third kappa shape index (κ3) is 4.47. The molecule has 3 aromatic heterocycles. The molecule has 1 saturated heterocycles. The zero-order chi connectivity index (χ0) is 28.2. The highest BCUT2D eigenvalue weighted by atomic mass is 16.7. The minimum atomic E-state index is -0.428. The van der Waals surface area contributed by atoms with E-state index in [1.165, 1.54) is 5.39 Å². The third-order valence-corrected chi connectivity index (χ3v) is 8.27. The fraction of sp³-hybridized carbons (Fsp3) is 0.176. The van der Waals surface area contributed by atoms with Crippen LogP contribution in [0.2, 0.25) is 0 Å². The van der Waals surface area contributed by atoms with E-state index in [4.69, 9.17) is 24.3 Å². The zero-order valence-electron chi connectivity index (χ0n) is 23.5. The molecule has 0 atom stereocenters. The van der Waals surface area contributed by atoms with E-state index >= 15 is 0 Å². The number of benzene rings is 3. The molecule has 41 heavy (non-hydrogen) atoms. The summed E-state index contributed by atoms with van der Waals surface area (Å²) in [6.45, 7) is 8.25. The molecular weight excluding hydrogens is 507 g/mol. The van der Waals surface area contributed by atoms with Crippen molar-refractivity contribution in [3.05, 3.63) is 104 Å². The summed E-state index contributed by atoms with van der Waals surface area (Å²) in [7, 11) is -0.428. The number of fused-ring (bicyclic) bond motifs is 3. The van der Waals surface area contributed by atoms with E-state index in [9.17, 15) is 0 Å². The largest absolute Gasteiger partial charge is 0.494 e. The van der Waals surface area contributed by atoms with Crippen molar-refractivity contribution >= 4 is 34.3 Å². The predicted molar refractivity (Wildman–Crippen MR) is 165 cm³/mol. The summed E-state index contributed by atoms with van der Waals surface area (Å²) in [4.78, 5) is 19.2. The Balaban J connectivity index is 1.37. The number of nitrogens with zero attached hydrogens (tertiary/aromatic N) is 4. The molecule has 4 heterocycles. The lowest BCUT2D eigenvalue weighted by molar-refractivity contribution is 0.00578. The first-order valence-corrected chi connectivity index (χ1v) is 13.8. The van der Waals surface area contributed by atoms with Crippen molar-refractivity contribution in [2.24, 2.45) is 0 Å². The van der Waals surface area contributed by atoms with E-state index < -0.39 is 18.3 Å². The molecule has 3 aromatic carbocycles. The van der Waals surface area contributed by atoms with Crippen molar-refractivity contribution in [3.63, 3.8) is 0 Å². The van der Waals surface area contributed by atoms with Gasteiger partial charge >= 0.3 is 7.12 Å². The Labute approximate surface area is 239 Å². The van der Waals surface area contributed by atoms with Crippen molar-refractivity contribution in [1.82, 2.24) is 19.9 Å². The van der Waals surface area contributed by atoms with Gasteiger partial charge in [-0.05, 0) is 74.3 Å². The molecule has 0 saturated carbocycles. The highest BCUT2D eigenvalue weighted by molar-refractivity contribution is 6.62. The highest BCUT2D eigenvalue weighted by Gasteiger charge is 2.51. The third-order valence-electron chi connectivity index (χ3n) is 8.27. The van der Waals surface area contributed by atoms with Gasteiger partial charge in [-0.1, -0.05) is 54.6 Å². The van der Waals surface area contributed by atoms with Gasteiger partial charge in [0.15, 0.2) is 5.82 Å². The first-order valence-electron chi connectivity index (χ1n) is 13.8. The van der Waals surface area contributed by atoms with E-state index in [0.29, 0.717) is 5.82 Å². The maximum atomic E-state index is 6.26. The van der Waals surface area contributed by atoms with Crippen LogP contribution in [0.4, 0.5) is 0 Å². The summed E-state index contributed by atoms with van der Waals surface area (Å²) in [5.41, 5.74) is 5.45. The Morgan fingerprint density at radius 1 is 0.659 bits per heavy atom. The van der Waals surface area contributed by atoms with Gasteiger partial charge in [0.2, 0.25) is 0 Å². The molecule has 0 aliphatic carbocycles. The Hall–Kier alpha value is -4.46. The quantitative estimate of drug-likeness (QED) is 0.181. The summed E-state index contributed by atoms with van der Waals surface area (Å²) >= 11 is 0. The van der Waals surface area contributed by atoms with Crippen LogP contribution in [-0.2, 0) is 9.31 Å². The maximum absolute atomic E-state index is 6.26. The fourth-order valence-electron chi connectivity index (χ4n) is 5.27. The highest BCUT2D eigenvalue weighted by Crippen LogP contribution is 2.37. The molecule has 7 rings (SSSR count).